The van der Waals surface area contributed by atoms with Gasteiger partial charge in [-0.3, -0.25) is 0 Å². The molecule has 200 valence electrons. The predicted octanol–water partition coefficient (Wildman–Crippen LogP) is 11.9. The van der Waals surface area contributed by atoms with Crippen molar-refractivity contribution in [1.29, 1.82) is 0 Å². The molecule has 1 heterocycles. The first-order chi connectivity index (χ1) is 21.3. The molecule has 0 saturated carbocycles. The summed E-state index contributed by atoms with van der Waals surface area (Å²) in [6, 6.07) is 56.9. The minimum atomic E-state index is 0.920. The number of benzene rings is 7. The van der Waals surface area contributed by atoms with E-state index in [1.165, 1.54) is 55.6 Å². The van der Waals surface area contributed by atoms with Gasteiger partial charge in [0, 0.05) is 16.3 Å². The van der Waals surface area contributed by atoms with Crippen LogP contribution in [0.1, 0.15) is 0 Å². The third-order valence-electron chi connectivity index (χ3n) is 8.87. The van der Waals surface area contributed by atoms with Gasteiger partial charge in [0.2, 0.25) is 0 Å². The van der Waals surface area contributed by atoms with Crippen molar-refractivity contribution in [2.45, 2.75) is 0 Å². The Morgan fingerprint density at radius 2 is 0.744 bits per heavy atom. The SMILES string of the molecule is c1cc(-c2ccc3c(c2)-c2ccccc2-c2ccccc2-c2ccccc2-3)cc(-c2cccc3c2oc2ccccc23)c1. The molecule has 0 saturated heterocycles. The smallest absolute Gasteiger partial charge is 0.143 e. The molecule has 1 aromatic heterocycles. The van der Waals surface area contributed by atoms with Gasteiger partial charge in [-0.15, -0.1) is 0 Å². The molecule has 0 amide bonds. The second kappa shape index (κ2) is 9.44. The fraction of sp³-hybridized carbons (Fsp3) is 0. The Bertz CT molecular complexity index is 2350. The molecule has 0 fully saturated rings. The largest absolute Gasteiger partial charge is 0.455 e. The second-order valence-electron chi connectivity index (χ2n) is 11.3. The molecule has 0 spiro atoms. The molecule has 0 bridgehead atoms. The monoisotopic (exact) mass is 546 g/mol. The summed E-state index contributed by atoms with van der Waals surface area (Å²) >= 11 is 0. The third kappa shape index (κ3) is 3.72. The normalized spacial score (nSPS) is 11.7. The molecule has 9 rings (SSSR count). The van der Waals surface area contributed by atoms with Crippen LogP contribution in [-0.2, 0) is 0 Å². The predicted molar refractivity (Wildman–Crippen MR) is 180 cm³/mol. The van der Waals surface area contributed by atoms with Crippen molar-refractivity contribution in [3.05, 3.63) is 158 Å². The molecule has 7 aromatic carbocycles. The molecule has 43 heavy (non-hydrogen) atoms. The minimum Gasteiger partial charge on any atom is -0.455 e. The Morgan fingerprint density at radius 1 is 0.279 bits per heavy atom. The molecule has 0 unspecified atom stereocenters. The van der Waals surface area contributed by atoms with Gasteiger partial charge in [-0.05, 0) is 79.4 Å². The molecule has 8 aromatic rings. The molecular formula is C42H26O. The molecule has 1 aliphatic rings. The molecule has 1 aliphatic carbocycles. The van der Waals surface area contributed by atoms with Gasteiger partial charge in [-0.25, -0.2) is 0 Å². The maximum Gasteiger partial charge on any atom is 0.143 e. The second-order valence-corrected chi connectivity index (χ2v) is 11.3. The van der Waals surface area contributed by atoms with Crippen LogP contribution in [0.15, 0.2) is 162 Å². The van der Waals surface area contributed by atoms with E-state index in [2.05, 4.69) is 146 Å². The molecule has 1 nitrogen and oxygen atoms in total. The van der Waals surface area contributed by atoms with Crippen LogP contribution in [0.25, 0.3) is 88.7 Å². The van der Waals surface area contributed by atoms with Crippen LogP contribution in [0, 0.1) is 0 Å². The standard InChI is InChI=1S/C42H26O/c1-2-14-32-31(13-1)33-15-3-4-17-35(33)37-24-23-28(26-40(37)36-18-6-5-16-34(32)36)27-11-9-12-29(25-27)30-20-10-21-39-38-19-7-8-22-41(38)43-42(30)39/h1-26H. The van der Waals surface area contributed by atoms with E-state index in [4.69, 9.17) is 4.42 Å². The highest BCUT2D eigenvalue weighted by atomic mass is 16.3. The number of furan rings is 1. The van der Waals surface area contributed by atoms with Crippen molar-refractivity contribution in [1.82, 2.24) is 0 Å². The molecule has 0 aliphatic heterocycles. The fourth-order valence-corrected chi connectivity index (χ4v) is 6.88. The summed E-state index contributed by atoms with van der Waals surface area (Å²) < 4.78 is 6.38. The summed E-state index contributed by atoms with van der Waals surface area (Å²) in [5.74, 6) is 0. The average molecular weight is 547 g/mol. The first kappa shape index (κ1) is 24.0. The van der Waals surface area contributed by atoms with E-state index in [-0.39, 0.29) is 0 Å². The van der Waals surface area contributed by atoms with Gasteiger partial charge in [-0.2, -0.15) is 0 Å². The van der Waals surface area contributed by atoms with Crippen LogP contribution < -0.4 is 0 Å². The molecular weight excluding hydrogens is 520 g/mol. The van der Waals surface area contributed by atoms with Gasteiger partial charge in [0.05, 0.1) is 0 Å². The van der Waals surface area contributed by atoms with Crippen LogP contribution in [0.4, 0.5) is 0 Å². The van der Waals surface area contributed by atoms with E-state index in [1.54, 1.807) is 0 Å². The Kier molecular flexibility index (Phi) is 5.27. The van der Waals surface area contributed by atoms with Crippen LogP contribution in [0.3, 0.4) is 0 Å². The van der Waals surface area contributed by atoms with E-state index in [9.17, 15) is 0 Å². The lowest BCUT2D eigenvalue weighted by Gasteiger charge is -2.23. The lowest BCUT2D eigenvalue weighted by molar-refractivity contribution is 0.670. The van der Waals surface area contributed by atoms with Crippen LogP contribution in [0.5, 0.6) is 0 Å². The van der Waals surface area contributed by atoms with Gasteiger partial charge in [0.25, 0.3) is 0 Å². The molecule has 0 radical (unpaired) electrons. The first-order valence-electron chi connectivity index (χ1n) is 14.8. The van der Waals surface area contributed by atoms with Crippen LogP contribution in [0.2, 0.25) is 0 Å². The summed E-state index contributed by atoms with van der Waals surface area (Å²) in [7, 11) is 0. The zero-order chi connectivity index (χ0) is 28.3. The number of para-hydroxylation sites is 2. The summed E-state index contributed by atoms with van der Waals surface area (Å²) in [5, 5.41) is 2.30. The van der Waals surface area contributed by atoms with Gasteiger partial charge >= 0.3 is 0 Å². The van der Waals surface area contributed by atoms with Crippen LogP contribution >= 0.6 is 0 Å². The highest BCUT2D eigenvalue weighted by Gasteiger charge is 2.22. The van der Waals surface area contributed by atoms with Gasteiger partial charge in [0.1, 0.15) is 11.2 Å². The first-order valence-corrected chi connectivity index (χ1v) is 14.8. The van der Waals surface area contributed by atoms with Gasteiger partial charge in [0.15, 0.2) is 0 Å². The Labute approximate surface area is 250 Å². The number of fused-ring (bicyclic) bond motifs is 11. The molecule has 0 N–H and O–H groups in total. The van der Waals surface area contributed by atoms with Crippen molar-refractivity contribution < 1.29 is 4.42 Å². The Balaban J connectivity index is 1.25. The maximum atomic E-state index is 6.38. The van der Waals surface area contributed by atoms with Crippen molar-refractivity contribution >= 4 is 21.9 Å². The molecule has 1 heteroatoms. The number of hydrogen-bond donors (Lipinski definition) is 0. The number of rotatable bonds is 2. The number of hydrogen-bond acceptors (Lipinski definition) is 1. The topological polar surface area (TPSA) is 13.1 Å². The summed E-state index contributed by atoms with van der Waals surface area (Å²) in [5.41, 5.74) is 16.6. The lowest BCUT2D eigenvalue weighted by atomic mass is 9.80. The molecule has 0 atom stereocenters. The van der Waals surface area contributed by atoms with Gasteiger partial charge < -0.3 is 4.42 Å². The average Bonchev–Trinajstić information content (AvgIpc) is 3.47. The van der Waals surface area contributed by atoms with E-state index >= 15 is 0 Å². The highest BCUT2D eigenvalue weighted by molar-refractivity contribution is 6.10. The quantitative estimate of drug-likeness (QED) is 0.210. The van der Waals surface area contributed by atoms with E-state index < -0.39 is 0 Å². The van der Waals surface area contributed by atoms with E-state index in [1.807, 2.05) is 12.1 Å². The zero-order valence-corrected chi connectivity index (χ0v) is 23.4. The highest BCUT2D eigenvalue weighted by Crippen LogP contribution is 2.48. The zero-order valence-electron chi connectivity index (χ0n) is 23.4. The summed E-state index contributed by atoms with van der Waals surface area (Å²) in [6.45, 7) is 0. The maximum absolute atomic E-state index is 6.38. The fourth-order valence-electron chi connectivity index (χ4n) is 6.88. The van der Waals surface area contributed by atoms with E-state index in [0.29, 0.717) is 0 Å². The minimum absolute atomic E-state index is 0.920. The van der Waals surface area contributed by atoms with E-state index in [0.717, 1.165) is 33.1 Å². The van der Waals surface area contributed by atoms with Crippen molar-refractivity contribution in [3.63, 3.8) is 0 Å². The Hall–Kier alpha value is -5.66. The van der Waals surface area contributed by atoms with Gasteiger partial charge in [-0.1, -0.05) is 140 Å². The van der Waals surface area contributed by atoms with Crippen molar-refractivity contribution in [3.8, 4) is 66.8 Å². The lowest BCUT2D eigenvalue weighted by Crippen LogP contribution is -1.97. The third-order valence-corrected chi connectivity index (χ3v) is 8.87. The Morgan fingerprint density at radius 3 is 1.42 bits per heavy atom. The van der Waals surface area contributed by atoms with Crippen LogP contribution in [-0.4, -0.2) is 0 Å². The summed E-state index contributed by atoms with van der Waals surface area (Å²) in [4.78, 5) is 0. The van der Waals surface area contributed by atoms with Crippen molar-refractivity contribution in [2.24, 2.45) is 0 Å². The summed E-state index contributed by atoms with van der Waals surface area (Å²) in [6.07, 6.45) is 0. The van der Waals surface area contributed by atoms with Crippen molar-refractivity contribution in [2.75, 3.05) is 0 Å².